The Labute approximate surface area is 104 Å². The molecule has 4 heteroatoms. The zero-order chi connectivity index (χ0) is 12.8. The minimum atomic E-state index is 0.173. The van der Waals surface area contributed by atoms with Gasteiger partial charge in [-0.1, -0.05) is 6.92 Å². The molecule has 0 aliphatic heterocycles. The van der Waals surface area contributed by atoms with Gasteiger partial charge in [-0.15, -0.1) is 0 Å². The molecule has 0 aromatic carbocycles. The van der Waals surface area contributed by atoms with E-state index in [1.807, 2.05) is 4.90 Å². The summed E-state index contributed by atoms with van der Waals surface area (Å²) in [4.78, 5) is 14.2. The number of carbonyl (C=O) groups is 1. The first-order chi connectivity index (χ1) is 8.07. The number of nitrogens with zero attached hydrogens (tertiary/aromatic N) is 1. The van der Waals surface area contributed by atoms with Crippen molar-refractivity contribution in [2.24, 2.45) is 17.6 Å². The van der Waals surface area contributed by atoms with E-state index in [0.717, 1.165) is 0 Å². The number of hydrogen-bond acceptors (Lipinski definition) is 3. The monoisotopic (exact) mass is 242 g/mol. The van der Waals surface area contributed by atoms with Crippen LogP contribution >= 0.6 is 0 Å². The molecule has 1 unspecified atom stereocenters. The Kier molecular flexibility index (Phi) is 5.92. The fourth-order valence-electron chi connectivity index (χ4n) is 2.03. The van der Waals surface area contributed by atoms with Gasteiger partial charge in [-0.05, 0) is 32.6 Å². The summed E-state index contributed by atoms with van der Waals surface area (Å²) in [6.07, 6.45) is 2.42. The van der Waals surface area contributed by atoms with Crippen LogP contribution in [0, 0.1) is 11.8 Å². The highest BCUT2D eigenvalue weighted by Crippen LogP contribution is 2.37. The van der Waals surface area contributed by atoms with Crippen LogP contribution in [0.25, 0.3) is 0 Å². The highest BCUT2D eigenvalue weighted by Gasteiger charge is 2.35. The Morgan fingerprint density at radius 3 is 2.47 bits per heavy atom. The van der Waals surface area contributed by atoms with E-state index >= 15 is 0 Å². The molecule has 1 aliphatic rings. The average molecular weight is 242 g/mol. The van der Waals surface area contributed by atoms with E-state index in [2.05, 4.69) is 20.8 Å². The van der Waals surface area contributed by atoms with Crippen LogP contribution in [-0.4, -0.2) is 43.2 Å². The zero-order valence-electron chi connectivity index (χ0n) is 11.3. The topological polar surface area (TPSA) is 55.6 Å². The quantitative estimate of drug-likeness (QED) is 0.652. The van der Waals surface area contributed by atoms with Gasteiger partial charge in [0.05, 0.1) is 13.2 Å². The average Bonchev–Trinajstić information content (AvgIpc) is 3.10. The highest BCUT2D eigenvalue weighted by atomic mass is 16.5. The lowest BCUT2D eigenvalue weighted by Gasteiger charge is -2.29. The molecule has 4 nitrogen and oxygen atoms in total. The maximum atomic E-state index is 12.3. The van der Waals surface area contributed by atoms with E-state index in [0.29, 0.717) is 32.2 Å². The molecular formula is C13H26N2O2. The summed E-state index contributed by atoms with van der Waals surface area (Å²) in [6.45, 7) is 8.52. The molecule has 1 aliphatic carbocycles. The van der Waals surface area contributed by atoms with Crippen LogP contribution in [0.5, 0.6) is 0 Å². The highest BCUT2D eigenvalue weighted by molar-refractivity contribution is 5.79. The molecular weight excluding hydrogens is 216 g/mol. The van der Waals surface area contributed by atoms with Crippen LogP contribution in [0.15, 0.2) is 0 Å². The maximum Gasteiger partial charge on any atom is 0.225 e. The number of ether oxygens (including phenoxy) is 1. The standard InChI is InChI=1S/C13H26N2O2/c1-10(2)15(7-9-17-8-6-14)13(16)11(3)12-4-5-12/h10-12H,4-9,14H2,1-3H3. The number of rotatable bonds is 8. The summed E-state index contributed by atoms with van der Waals surface area (Å²) in [7, 11) is 0. The van der Waals surface area contributed by atoms with Gasteiger partial charge in [0.1, 0.15) is 0 Å². The molecule has 0 radical (unpaired) electrons. The molecule has 0 spiro atoms. The number of amides is 1. The van der Waals surface area contributed by atoms with Gasteiger partial charge in [0.15, 0.2) is 0 Å². The fourth-order valence-corrected chi connectivity index (χ4v) is 2.03. The molecule has 1 saturated carbocycles. The largest absolute Gasteiger partial charge is 0.378 e. The van der Waals surface area contributed by atoms with Crippen molar-refractivity contribution < 1.29 is 9.53 Å². The molecule has 2 N–H and O–H groups in total. The summed E-state index contributed by atoms with van der Waals surface area (Å²) in [6, 6.07) is 0.241. The third kappa shape index (κ3) is 4.64. The molecule has 1 atom stereocenters. The number of hydrogen-bond donors (Lipinski definition) is 1. The van der Waals surface area contributed by atoms with Gasteiger partial charge in [-0.2, -0.15) is 0 Å². The first-order valence-electron chi connectivity index (χ1n) is 6.66. The Morgan fingerprint density at radius 2 is 2.00 bits per heavy atom. The first kappa shape index (κ1) is 14.5. The van der Waals surface area contributed by atoms with Crippen LogP contribution in [-0.2, 0) is 9.53 Å². The van der Waals surface area contributed by atoms with Crippen LogP contribution in [0.1, 0.15) is 33.6 Å². The lowest BCUT2D eigenvalue weighted by molar-refractivity contribution is -0.138. The van der Waals surface area contributed by atoms with Gasteiger partial charge in [-0.25, -0.2) is 0 Å². The van der Waals surface area contributed by atoms with Gasteiger partial charge in [0, 0.05) is 25.0 Å². The van der Waals surface area contributed by atoms with E-state index in [1.54, 1.807) is 0 Å². The minimum absolute atomic E-state index is 0.173. The number of carbonyl (C=O) groups excluding carboxylic acids is 1. The van der Waals surface area contributed by atoms with Gasteiger partial charge in [0.25, 0.3) is 0 Å². The molecule has 0 saturated heterocycles. The molecule has 1 fully saturated rings. The van der Waals surface area contributed by atoms with Crippen LogP contribution in [0.2, 0.25) is 0 Å². The Hall–Kier alpha value is -0.610. The van der Waals surface area contributed by atoms with Crippen molar-refractivity contribution in [2.45, 2.75) is 39.7 Å². The van der Waals surface area contributed by atoms with Gasteiger partial charge < -0.3 is 15.4 Å². The predicted molar refractivity (Wildman–Crippen MR) is 68.6 cm³/mol. The van der Waals surface area contributed by atoms with Gasteiger partial charge in [0.2, 0.25) is 5.91 Å². The van der Waals surface area contributed by atoms with Crippen molar-refractivity contribution in [3.05, 3.63) is 0 Å². The van der Waals surface area contributed by atoms with Gasteiger partial charge >= 0.3 is 0 Å². The fraction of sp³-hybridized carbons (Fsp3) is 0.923. The molecule has 1 rings (SSSR count). The summed E-state index contributed by atoms with van der Waals surface area (Å²) in [5, 5.41) is 0. The molecule has 0 heterocycles. The predicted octanol–water partition coefficient (Wildman–Crippen LogP) is 1.24. The zero-order valence-corrected chi connectivity index (χ0v) is 11.3. The molecule has 0 bridgehead atoms. The van der Waals surface area contributed by atoms with Crippen LogP contribution < -0.4 is 5.73 Å². The second-order valence-electron chi connectivity index (χ2n) is 5.15. The Morgan fingerprint density at radius 1 is 1.35 bits per heavy atom. The summed E-state index contributed by atoms with van der Waals surface area (Å²) in [5.74, 6) is 1.07. The third-order valence-corrected chi connectivity index (χ3v) is 3.36. The van der Waals surface area contributed by atoms with Crippen molar-refractivity contribution in [2.75, 3.05) is 26.3 Å². The Balaban J connectivity index is 2.38. The molecule has 1 amide bonds. The maximum absolute atomic E-state index is 12.3. The molecule has 17 heavy (non-hydrogen) atoms. The van der Waals surface area contributed by atoms with Crippen LogP contribution in [0.3, 0.4) is 0 Å². The van der Waals surface area contributed by atoms with Crippen molar-refractivity contribution >= 4 is 5.91 Å². The molecule has 0 aromatic heterocycles. The third-order valence-electron chi connectivity index (χ3n) is 3.36. The van der Waals surface area contributed by atoms with E-state index in [1.165, 1.54) is 12.8 Å². The SMILES string of the molecule is CC(C(=O)N(CCOCCN)C(C)C)C1CC1. The van der Waals surface area contributed by atoms with E-state index in [9.17, 15) is 4.79 Å². The lowest BCUT2D eigenvalue weighted by Crippen LogP contribution is -2.42. The normalized spacial score (nSPS) is 17.2. The summed E-state index contributed by atoms with van der Waals surface area (Å²) in [5.41, 5.74) is 5.36. The smallest absolute Gasteiger partial charge is 0.225 e. The van der Waals surface area contributed by atoms with Crippen molar-refractivity contribution in [3.8, 4) is 0 Å². The minimum Gasteiger partial charge on any atom is -0.378 e. The number of nitrogens with two attached hydrogens (primary N) is 1. The Bertz CT molecular complexity index is 240. The van der Waals surface area contributed by atoms with Crippen molar-refractivity contribution in [1.29, 1.82) is 0 Å². The summed E-state index contributed by atoms with van der Waals surface area (Å²) >= 11 is 0. The second kappa shape index (κ2) is 6.97. The van der Waals surface area contributed by atoms with E-state index in [4.69, 9.17) is 10.5 Å². The van der Waals surface area contributed by atoms with E-state index < -0.39 is 0 Å². The van der Waals surface area contributed by atoms with Crippen molar-refractivity contribution in [1.82, 2.24) is 4.90 Å². The lowest BCUT2D eigenvalue weighted by atomic mass is 10.0. The molecule has 100 valence electrons. The van der Waals surface area contributed by atoms with Gasteiger partial charge in [-0.3, -0.25) is 4.79 Å². The second-order valence-corrected chi connectivity index (χ2v) is 5.15. The van der Waals surface area contributed by atoms with E-state index in [-0.39, 0.29) is 17.9 Å². The summed E-state index contributed by atoms with van der Waals surface area (Å²) < 4.78 is 5.35. The molecule has 0 aromatic rings. The van der Waals surface area contributed by atoms with Crippen LogP contribution in [0.4, 0.5) is 0 Å². The van der Waals surface area contributed by atoms with Crippen molar-refractivity contribution in [3.63, 3.8) is 0 Å². The first-order valence-corrected chi connectivity index (χ1v) is 6.66.